The van der Waals surface area contributed by atoms with E-state index in [0.29, 0.717) is 30.0 Å². The van der Waals surface area contributed by atoms with Crippen LogP contribution < -0.4 is 10.1 Å². The molecule has 1 N–H and O–H groups in total. The lowest BCUT2D eigenvalue weighted by Gasteiger charge is -2.25. The summed E-state index contributed by atoms with van der Waals surface area (Å²) in [6.07, 6.45) is 1.74. The highest BCUT2D eigenvalue weighted by atomic mass is 19.1. The number of carbonyl (C=O) groups is 2. The first-order valence-corrected chi connectivity index (χ1v) is 9.54. The molecule has 0 aromatic heterocycles. The van der Waals surface area contributed by atoms with Crippen molar-refractivity contribution in [3.63, 3.8) is 0 Å². The molecule has 0 spiro atoms. The summed E-state index contributed by atoms with van der Waals surface area (Å²) in [5.41, 5.74) is 0.928. The number of hydrogen-bond donors (Lipinski definition) is 1. The van der Waals surface area contributed by atoms with Crippen LogP contribution in [0.1, 0.15) is 47.4 Å². The topological polar surface area (TPSA) is 58.6 Å². The molecular formula is C22H25FN2O3. The molecule has 5 nitrogen and oxygen atoms in total. The smallest absolute Gasteiger partial charge is 0.254 e. The van der Waals surface area contributed by atoms with E-state index in [1.54, 1.807) is 41.3 Å². The maximum Gasteiger partial charge on any atom is 0.254 e. The number of nitrogens with zero attached hydrogens (tertiary/aromatic N) is 1. The van der Waals surface area contributed by atoms with Gasteiger partial charge in [-0.05, 0) is 69.2 Å². The van der Waals surface area contributed by atoms with E-state index in [2.05, 4.69) is 5.32 Å². The van der Waals surface area contributed by atoms with Gasteiger partial charge in [0.05, 0.1) is 6.04 Å². The molecule has 2 aromatic carbocycles. The molecule has 6 heteroatoms. The van der Waals surface area contributed by atoms with E-state index in [0.717, 1.165) is 12.8 Å². The Morgan fingerprint density at radius 2 is 1.93 bits per heavy atom. The van der Waals surface area contributed by atoms with Crippen LogP contribution in [0, 0.1) is 5.82 Å². The number of likely N-dealkylation sites (tertiary alicyclic amines) is 1. The Balaban J connectivity index is 1.59. The fourth-order valence-electron chi connectivity index (χ4n) is 3.30. The van der Waals surface area contributed by atoms with Crippen molar-refractivity contribution < 1.29 is 18.7 Å². The van der Waals surface area contributed by atoms with Crippen LogP contribution >= 0.6 is 0 Å². The van der Waals surface area contributed by atoms with Crippen molar-refractivity contribution in [2.75, 3.05) is 13.2 Å². The lowest BCUT2D eigenvalue weighted by molar-refractivity contribution is 0.0690. The SMILES string of the molecule is CC(C)NC(=O)c1ccc(OCC2CCCN2C(=O)c2cccc(F)c2)cc1. The van der Waals surface area contributed by atoms with Gasteiger partial charge in [0.15, 0.2) is 0 Å². The highest BCUT2D eigenvalue weighted by Crippen LogP contribution is 2.22. The first-order chi connectivity index (χ1) is 13.4. The summed E-state index contributed by atoms with van der Waals surface area (Å²) in [6, 6.07) is 12.7. The Kier molecular flexibility index (Phi) is 6.29. The quantitative estimate of drug-likeness (QED) is 0.827. The van der Waals surface area contributed by atoms with Gasteiger partial charge in [0.25, 0.3) is 11.8 Å². The number of rotatable bonds is 6. The molecule has 0 saturated carbocycles. The number of nitrogens with one attached hydrogen (secondary N) is 1. The largest absolute Gasteiger partial charge is 0.491 e. The third-order valence-electron chi connectivity index (χ3n) is 4.69. The molecule has 1 unspecified atom stereocenters. The normalized spacial score (nSPS) is 16.3. The highest BCUT2D eigenvalue weighted by Gasteiger charge is 2.30. The van der Waals surface area contributed by atoms with Crippen molar-refractivity contribution in [3.8, 4) is 5.75 Å². The molecule has 0 aliphatic carbocycles. The van der Waals surface area contributed by atoms with Crippen LogP contribution in [-0.2, 0) is 0 Å². The summed E-state index contributed by atoms with van der Waals surface area (Å²) in [5.74, 6) is -0.0684. The van der Waals surface area contributed by atoms with Gasteiger partial charge in [-0.1, -0.05) is 6.07 Å². The lowest BCUT2D eigenvalue weighted by Crippen LogP contribution is -2.39. The summed E-state index contributed by atoms with van der Waals surface area (Å²) in [5, 5.41) is 2.84. The number of halogens is 1. The van der Waals surface area contributed by atoms with Gasteiger partial charge in [0.2, 0.25) is 0 Å². The van der Waals surface area contributed by atoms with Crippen LogP contribution in [0.4, 0.5) is 4.39 Å². The average molecular weight is 384 g/mol. The summed E-state index contributed by atoms with van der Waals surface area (Å²) in [7, 11) is 0. The molecule has 1 fully saturated rings. The summed E-state index contributed by atoms with van der Waals surface area (Å²) in [4.78, 5) is 26.4. The van der Waals surface area contributed by atoms with E-state index in [1.807, 2.05) is 13.8 Å². The van der Waals surface area contributed by atoms with Crippen LogP contribution in [0.3, 0.4) is 0 Å². The van der Waals surface area contributed by atoms with Crippen molar-refractivity contribution in [3.05, 3.63) is 65.5 Å². The van der Waals surface area contributed by atoms with Gasteiger partial charge in [-0.2, -0.15) is 0 Å². The minimum atomic E-state index is -0.417. The Morgan fingerprint density at radius 1 is 1.18 bits per heavy atom. The molecule has 148 valence electrons. The molecule has 1 heterocycles. The predicted molar refractivity (Wildman–Crippen MR) is 105 cm³/mol. The second-order valence-electron chi connectivity index (χ2n) is 7.27. The maximum absolute atomic E-state index is 13.4. The molecule has 28 heavy (non-hydrogen) atoms. The van der Waals surface area contributed by atoms with Gasteiger partial charge >= 0.3 is 0 Å². The van der Waals surface area contributed by atoms with Gasteiger partial charge in [-0.3, -0.25) is 9.59 Å². The summed E-state index contributed by atoms with van der Waals surface area (Å²) in [6.45, 7) is 4.82. The van der Waals surface area contributed by atoms with E-state index in [1.165, 1.54) is 12.1 Å². The van der Waals surface area contributed by atoms with Crippen LogP contribution in [0.15, 0.2) is 48.5 Å². The van der Waals surface area contributed by atoms with Crippen molar-refractivity contribution in [2.24, 2.45) is 0 Å². The Bertz CT molecular complexity index is 836. The standard InChI is InChI=1S/C22H25FN2O3/c1-15(2)24-21(26)16-8-10-20(11-9-16)28-14-19-7-4-12-25(19)22(27)17-5-3-6-18(23)13-17/h3,5-6,8-11,13,15,19H,4,7,12,14H2,1-2H3,(H,24,26). The zero-order chi connectivity index (χ0) is 20.1. The zero-order valence-corrected chi connectivity index (χ0v) is 16.2. The van der Waals surface area contributed by atoms with Crippen LogP contribution in [0.2, 0.25) is 0 Å². The molecule has 2 aromatic rings. The molecular weight excluding hydrogens is 359 g/mol. The Morgan fingerprint density at radius 3 is 2.61 bits per heavy atom. The first kappa shape index (κ1) is 19.9. The zero-order valence-electron chi connectivity index (χ0n) is 16.2. The predicted octanol–water partition coefficient (Wildman–Crippen LogP) is 3.65. The van der Waals surface area contributed by atoms with Gasteiger partial charge in [-0.25, -0.2) is 4.39 Å². The Hall–Kier alpha value is -2.89. The third kappa shape index (κ3) is 4.88. The fourth-order valence-corrected chi connectivity index (χ4v) is 3.30. The molecule has 3 rings (SSSR count). The third-order valence-corrected chi connectivity index (χ3v) is 4.69. The van der Waals surface area contributed by atoms with Crippen LogP contribution in [0.5, 0.6) is 5.75 Å². The van der Waals surface area contributed by atoms with E-state index in [9.17, 15) is 14.0 Å². The molecule has 2 amide bonds. The van der Waals surface area contributed by atoms with Crippen LogP contribution in [0.25, 0.3) is 0 Å². The minimum Gasteiger partial charge on any atom is -0.491 e. The summed E-state index contributed by atoms with van der Waals surface area (Å²) >= 11 is 0. The van der Waals surface area contributed by atoms with Gasteiger partial charge in [-0.15, -0.1) is 0 Å². The molecule has 1 atom stereocenters. The van der Waals surface area contributed by atoms with Crippen molar-refractivity contribution in [2.45, 2.75) is 38.8 Å². The summed E-state index contributed by atoms with van der Waals surface area (Å²) < 4.78 is 19.3. The van der Waals surface area contributed by atoms with Crippen LogP contribution in [-0.4, -0.2) is 41.9 Å². The number of amides is 2. The second kappa shape index (κ2) is 8.87. The fraction of sp³-hybridized carbons (Fsp3) is 0.364. The minimum absolute atomic E-state index is 0.0558. The van der Waals surface area contributed by atoms with E-state index >= 15 is 0 Å². The van der Waals surface area contributed by atoms with E-state index in [-0.39, 0.29) is 23.9 Å². The van der Waals surface area contributed by atoms with E-state index in [4.69, 9.17) is 4.74 Å². The molecule has 1 aliphatic rings. The molecule has 1 saturated heterocycles. The maximum atomic E-state index is 13.4. The Labute approximate surface area is 164 Å². The van der Waals surface area contributed by atoms with E-state index < -0.39 is 5.82 Å². The molecule has 0 radical (unpaired) electrons. The monoisotopic (exact) mass is 384 g/mol. The number of benzene rings is 2. The number of carbonyl (C=O) groups excluding carboxylic acids is 2. The van der Waals surface area contributed by atoms with Gasteiger partial charge in [0.1, 0.15) is 18.2 Å². The molecule has 0 bridgehead atoms. The molecule has 1 aliphatic heterocycles. The average Bonchev–Trinajstić information content (AvgIpc) is 3.14. The van der Waals surface area contributed by atoms with Crippen molar-refractivity contribution in [1.82, 2.24) is 10.2 Å². The lowest BCUT2D eigenvalue weighted by atomic mass is 10.1. The first-order valence-electron chi connectivity index (χ1n) is 9.54. The second-order valence-corrected chi connectivity index (χ2v) is 7.27. The van der Waals surface area contributed by atoms with Gasteiger partial charge < -0.3 is 15.0 Å². The number of hydrogen-bond acceptors (Lipinski definition) is 3. The van der Waals surface area contributed by atoms with Crippen molar-refractivity contribution >= 4 is 11.8 Å². The number of ether oxygens (including phenoxy) is 1. The van der Waals surface area contributed by atoms with Crippen molar-refractivity contribution in [1.29, 1.82) is 0 Å². The highest BCUT2D eigenvalue weighted by molar-refractivity contribution is 5.95. The van der Waals surface area contributed by atoms with Gasteiger partial charge in [0, 0.05) is 23.7 Å².